The van der Waals surface area contributed by atoms with Crippen LogP contribution in [0.5, 0.6) is 0 Å². The lowest BCUT2D eigenvalue weighted by atomic mass is 10.2. The van der Waals surface area contributed by atoms with Crippen LogP contribution in [0.4, 0.5) is 0 Å². The van der Waals surface area contributed by atoms with Crippen LogP contribution in [0, 0.1) is 0 Å². The van der Waals surface area contributed by atoms with Gasteiger partial charge in [0.1, 0.15) is 0 Å². The zero-order valence-electron chi connectivity index (χ0n) is 10.1. The third-order valence-corrected chi connectivity index (χ3v) is 2.28. The number of nitrogens with one attached hydrogen (secondary N) is 1. The zero-order valence-corrected chi connectivity index (χ0v) is 10.1. The summed E-state index contributed by atoms with van der Waals surface area (Å²) in [5.41, 5.74) is 0. The monoisotopic (exact) mass is 230 g/mol. The summed E-state index contributed by atoms with van der Waals surface area (Å²) in [5, 5.41) is 11.6. The normalized spacial score (nSPS) is 12.5. The van der Waals surface area contributed by atoms with Crippen LogP contribution in [0.25, 0.3) is 0 Å². The number of nitrogens with zero attached hydrogens (tertiary/aromatic N) is 1. The van der Waals surface area contributed by atoms with Crippen molar-refractivity contribution in [3.05, 3.63) is 12.7 Å². The molecular formula is C11H22N2O3. The molecule has 0 rings (SSSR count). The Morgan fingerprint density at radius 3 is 2.88 bits per heavy atom. The fourth-order valence-electron chi connectivity index (χ4n) is 1.33. The second kappa shape index (κ2) is 9.33. The number of ether oxygens (including phenoxy) is 1. The highest BCUT2D eigenvalue weighted by Gasteiger charge is 2.19. The van der Waals surface area contributed by atoms with Crippen molar-refractivity contribution < 1.29 is 14.6 Å². The van der Waals surface area contributed by atoms with E-state index in [1.807, 2.05) is 4.90 Å². The van der Waals surface area contributed by atoms with Gasteiger partial charge in [0, 0.05) is 26.7 Å². The predicted octanol–water partition coefficient (Wildman–Crippen LogP) is -0.382. The second-order valence-corrected chi connectivity index (χ2v) is 3.47. The number of carbonyl (C=O) groups excluding carboxylic acids is 1. The molecule has 0 radical (unpaired) electrons. The summed E-state index contributed by atoms with van der Waals surface area (Å²) < 4.78 is 4.84. The van der Waals surface area contributed by atoms with E-state index in [2.05, 4.69) is 11.9 Å². The van der Waals surface area contributed by atoms with Crippen molar-refractivity contribution in [1.82, 2.24) is 10.2 Å². The van der Waals surface area contributed by atoms with Crippen LogP contribution in [-0.4, -0.2) is 61.9 Å². The van der Waals surface area contributed by atoms with Crippen LogP contribution < -0.4 is 5.32 Å². The average molecular weight is 230 g/mol. The van der Waals surface area contributed by atoms with E-state index in [0.717, 1.165) is 0 Å². The van der Waals surface area contributed by atoms with Gasteiger partial charge in [0.2, 0.25) is 5.91 Å². The maximum Gasteiger partial charge on any atom is 0.237 e. The van der Waals surface area contributed by atoms with Gasteiger partial charge in [-0.15, -0.1) is 6.58 Å². The molecule has 0 spiro atoms. The number of methoxy groups -OCH3 is 1. The number of hydrogen-bond donors (Lipinski definition) is 2. The van der Waals surface area contributed by atoms with Gasteiger partial charge in [0.15, 0.2) is 0 Å². The maximum atomic E-state index is 11.7. The number of aliphatic hydroxyl groups is 1. The Balaban J connectivity index is 4.08. The van der Waals surface area contributed by atoms with Gasteiger partial charge in [-0.3, -0.25) is 9.69 Å². The largest absolute Gasteiger partial charge is 0.395 e. The summed E-state index contributed by atoms with van der Waals surface area (Å²) >= 11 is 0. The van der Waals surface area contributed by atoms with Crippen molar-refractivity contribution in [3.8, 4) is 0 Å². The van der Waals surface area contributed by atoms with Gasteiger partial charge in [-0.25, -0.2) is 0 Å². The molecule has 0 aliphatic heterocycles. The van der Waals surface area contributed by atoms with E-state index in [0.29, 0.717) is 26.2 Å². The Bertz CT molecular complexity index is 209. The zero-order chi connectivity index (χ0) is 12.4. The Labute approximate surface area is 97.1 Å². The minimum Gasteiger partial charge on any atom is -0.395 e. The number of rotatable bonds is 9. The molecule has 0 saturated carbocycles. The first-order valence-electron chi connectivity index (χ1n) is 5.39. The summed E-state index contributed by atoms with van der Waals surface area (Å²) in [6.45, 7) is 7.51. The smallest absolute Gasteiger partial charge is 0.237 e. The van der Waals surface area contributed by atoms with Gasteiger partial charge >= 0.3 is 0 Å². The highest BCUT2D eigenvalue weighted by Crippen LogP contribution is 1.98. The average Bonchev–Trinajstić information content (AvgIpc) is 2.28. The van der Waals surface area contributed by atoms with Crippen LogP contribution in [0.15, 0.2) is 12.7 Å². The maximum absolute atomic E-state index is 11.7. The third-order valence-electron chi connectivity index (χ3n) is 2.28. The minimum atomic E-state index is -0.276. The first kappa shape index (κ1) is 15.1. The Kier molecular flexibility index (Phi) is 8.80. The first-order valence-corrected chi connectivity index (χ1v) is 5.39. The van der Waals surface area contributed by atoms with Gasteiger partial charge in [-0.2, -0.15) is 0 Å². The second-order valence-electron chi connectivity index (χ2n) is 3.47. The van der Waals surface area contributed by atoms with Gasteiger partial charge < -0.3 is 15.2 Å². The highest BCUT2D eigenvalue weighted by molar-refractivity contribution is 5.81. The molecule has 16 heavy (non-hydrogen) atoms. The van der Waals surface area contributed by atoms with Crippen LogP contribution in [0.1, 0.15) is 6.92 Å². The molecule has 0 aliphatic rings. The minimum absolute atomic E-state index is 0.0313. The summed E-state index contributed by atoms with van der Waals surface area (Å²) in [6, 6.07) is -0.276. The van der Waals surface area contributed by atoms with E-state index in [1.54, 1.807) is 20.1 Å². The fourth-order valence-corrected chi connectivity index (χ4v) is 1.33. The van der Waals surface area contributed by atoms with Crippen molar-refractivity contribution in [2.75, 3.05) is 40.0 Å². The van der Waals surface area contributed by atoms with E-state index in [4.69, 9.17) is 9.84 Å². The van der Waals surface area contributed by atoms with Crippen molar-refractivity contribution in [2.45, 2.75) is 13.0 Å². The predicted molar refractivity (Wildman–Crippen MR) is 63.2 cm³/mol. The van der Waals surface area contributed by atoms with E-state index in [-0.39, 0.29) is 18.6 Å². The van der Waals surface area contributed by atoms with Gasteiger partial charge in [-0.05, 0) is 6.92 Å². The van der Waals surface area contributed by atoms with Crippen LogP contribution >= 0.6 is 0 Å². The van der Waals surface area contributed by atoms with E-state index >= 15 is 0 Å². The van der Waals surface area contributed by atoms with Crippen molar-refractivity contribution in [3.63, 3.8) is 0 Å². The van der Waals surface area contributed by atoms with Gasteiger partial charge in [-0.1, -0.05) is 6.08 Å². The van der Waals surface area contributed by atoms with E-state index in [9.17, 15) is 4.79 Å². The number of aliphatic hydroxyl groups excluding tert-OH is 1. The summed E-state index contributed by atoms with van der Waals surface area (Å²) in [4.78, 5) is 13.5. The number of hydrogen-bond acceptors (Lipinski definition) is 4. The molecule has 0 aromatic rings. The molecule has 1 amide bonds. The molecule has 1 unspecified atom stereocenters. The SMILES string of the molecule is C=CCN(CCO)C(C)C(=O)NCCOC. The third kappa shape index (κ3) is 5.85. The van der Waals surface area contributed by atoms with Crippen molar-refractivity contribution in [1.29, 1.82) is 0 Å². The molecule has 94 valence electrons. The Morgan fingerprint density at radius 2 is 2.38 bits per heavy atom. The van der Waals surface area contributed by atoms with Crippen molar-refractivity contribution >= 4 is 5.91 Å². The molecule has 0 aromatic carbocycles. The van der Waals surface area contributed by atoms with E-state index in [1.165, 1.54) is 0 Å². The van der Waals surface area contributed by atoms with Crippen LogP contribution in [0.3, 0.4) is 0 Å². The van der Waals surface area contributed by atoms with E-state index < -0.39 is 0 Å². The Hall–Kier alpha value is -0.910. The number of carbonyl (C=O) groups is 1. The molecular weight excluding hydrogens is 208 g/mol. The fraction of sp³-hybridized carbons (Fsp3) is 0.727. The lowest BCUT2D eigenvalue weighted by Gasteiger charge is -2.26. The molecule has 0 saturated heterocycles. The number of amides is 1. The summed E-state index contributed by atoms with van der Waals surface area (Å²) in [6.07, 6.45) is 1.72. The van der Waals surface area contributed by atoms with Crippen molar-refractivity contribution in [2.24, 2.45) is 0 Å². The van der Waals surface area contributed by atoms with Gasteiger partial charge in [0.05, 0.1) is 19.3 Å². The molecule has 5 nitrogen and oxygen atoms in total. The highest BCUT2D eigenvalue weighted by atomic mass is 16.5. The summed E-state index contributed by atoms with van der Waals surface area (Å²) in [7, 11) is 1.59. The molecule has 0 fully saturated rings. The van der Waals surface area contributed by atoms with Gasteiger partial charge in [0.25, 0.3) is 0 Å². The topological polar surface area (TPSA) is 61.8 Å². The molecule has 0 aromatic heterocycles. The lowest BCUT2D eigenvalue weighted by molar-refractivity contribution is -0.126. The Morgan fingerprint density at radius 1 is 1.69 bits per heavy atom. The summed E-state index contributed by atoms with van der Waals surface area (Å²) in [5.74, 6) is -0.0626. The first-order chi connectivity index (χ1) is 7.67. The molecule has 5 heteroatoms. The standard InChI is InChI=1S/C11H22N2O3/c1-4-6-13(7-8-14)10(2)11(15)12-5-9-16-3/h4,10,14H,1,5-9H2,2-3H3,(H,12,15). The van der Waals surface area contributed by atoms with Crippen LogP contribution in [-0.2, 0) is 9.53 Å². The quantitative estimate of drug-likeness (QED) is 0.418. The molecule has 1 atom stereocenters. The molecule has 2 N–H and O–H groups in total. The molecule has 0 bridgehead atoms. The molecule has 0 aliphatic carbocycles. The molecule has 0 heterocycles. The van der Waals surface area contributed by atoms with Crippen LogP contribution in [0.2, 0.25) is 0 Å². The lowest BCUT2D eigenvalue weighted by Crippen LogP contribution is -2.46.